The van der Waals surface area contributed by atoms with Gasteiger partial charge in [-0.05, 0) is 19.1 Å². The van der Waals surface area contributed by atoms with E-state index in [1.54, 1.807) is 0 Å². The van der Waals surface area contributed by atoms with E-state index in [9.17, 15) is 0 Å². The van der Waals surface area contributed by atoms with Crippen molar-refractivity contribution < 1.29 is 4.74 Å². The third-order valence-electron chi connectivity index (χ3n) is 2.46. The number of nitrogens with zero attached hydrogens (tertiary/aromatic N) is 2. The standard InChI is InChI=1S/C11H15N3O/c1-8-13-9-4-3-5-10(15-7-6-12)11(9)14(8)2/h3-5H,6-7,12H2,1-2H3. The van der Waals surface area contributed by atoms with Crippen LogP contribution in [0.2, 0.25) is 0 Å². The minimum Gasteiger partial charge on any atom is -0.490 e. The van der Waals surface area contributed by atoms with Crippen LogP contribution in [-0.4, -0.2) is 22.7 Å². The molecule has 4 nitrogen and oxygen atoms in total. The van der Waals surface area contributed by atoms with E-state index in [4.69, 9.17) is 10.5 Å². The molecule has 1 aromatic carbocycles. The van der Waals surface area contributed by atoms with Gasteiger partial charge in [0.05, 0.1) is 5.52 Å². The summed E-state index contributed by atoms with van der Waals surface area (Å²) in [7, 11) is 1.99. The fraction of sp³-hybridized carbons (Fsp3) is 0.364. The van der Waals surface area contributed by atoms with E-state index in [1.165, 1.54) is 0 Å². The van der Waals surface area contributed by atoms with Crippen molar-refractivity contribution >= 4 is 11.0 Å². The molecule has 0 aliphatic rings. The fourth-order valence-electron chi connectivity index (χ4n) is 1.63. The van der Waals surface area contributed by atoms with E-state index in [0.717, 1.165) is 22.6 Å². The van der Waals surface area contributed by atoms with Crippen molar-refractivity contribution in [1.82, 2.24) is 9.55 Å². The molecule has 0 atom stereocenters. The summed E-state index contributed by atoms with van der Waals surface area (Å²) < 4.78 is 7.61. The third kappa shape index (κ3) is 1.68. The Kier molecular flexibility index (Phi) is 2.60. The average molecular weight is 205 g/mol. The third-order valence-corrected chi connectivity index (χ3v) is 2.46. The molecule has 4 heteroatoms. The SMILES string of the molecule is Cc1nc2cccc(OCCN)c2n1C. The summed E-state index contributed by atoms with van der Waals surface area (Å²) >= 11 is 0. The number of hydrogen-bond donors (Lipinski definition) is 1. The van der Waals surface area contributed by atoms with Crippen molar-refractivity contribution in [3.63, 3.8) is 0 Å². The Morgan fingerprint density at radius 1 is 1.47 bits per heavy atom. The molecule has 0 saturated heterocycles. The highest BCUT2D eigenvalue weighted by molar-refractivity contribution is 5.82. The zero-order valence-electron chi connectivity index (χ0n) is 9.03. The van der Waals surface area contributed by atoms with Gasteiger partial charge in [-0.15, -0.1) is 0 Å². The van der Waals surface area contributed by atoms with Gasteiger partial charge in [0.25, 0.3) is 0 Å². The van der Waals surface area contributed by atoms with Crippen LogP contribution < -0.4 is 10.5 Å². The molecule has 80 valence electrons. The first-order valence-electron chi connectivity index (χ1n) is 4.99. The Morgan fingerprint density at radius 3 is 3.00 bits per heavy atom. The van der Waals surface area contributed by atoms with E-state index in [2.05, 4.69) is 4.98 Å². The molecule has 2 rings (SSSR count). The van der Waals surface area contributed by atoms with Crippen LogP contribution in [0.15, 0.2) is 18.2 Å². The zero-order valence-corrected chi connectivity index (χ0v) is 9.03. The molecular formula is C11H15N3O. The van der Waals surface area contributed by atoms with Gasteiger partial charge in [-0.3, -0.25) is 0 Å². The first-order chi connectivity index (χ1) is 7.24. The summed E-state index contributed by atoms with van der Waals surface area (Å²) in [6, 6.07) is 5.87. The summed E-state index contributed by atoms with van der Waals surface area (Å²) in [6.07, 6.45) is 0. The minimum absolute atomic E-state index is 0.521. The van der Waals surface area contributed by atoms with Gasteiger partial charge in [0.15, 0.2) is 0 Å². The highest BCUT2D eigenvalue weighted by Gasteiger charge is 2.08. The Hall–Kier alpha value is -1.55. The second-order valence-electron chi connectivity index (χ2n) is 3.48. The highest BCUT2D eigenvalue weighted by atomic mass is 16.5. The molecule has 0 unspecified atom stereocenters. The van der Waals surface area contributed by atoms with Crippen molar-refractivity contribution in [2.24, 2.45) is 12.8 Å². The molecule has 0 aliphatic carbocycles. The number of aromatic nitrogens is 2. The largest absolute Gasteiger partial charge is 0.490 e. The molecule has 0 amide bonds. The van der Waals surface area contributed by atoms with Crippen LogP contribution in [0.1, 0.15) is 5.82 Å². The molecule has 1 heterocycles. The summed E-state index contributed by atoms with van der Waals surface area (Å²) in [6.45, 7) is 3.03. The van der Waals surface area contributed by atoms with Crippen molar-refractivity contribution in [1.29, 1.82) is 0 Å². The van der Waals surface area contributed by atoms with Crippen molar-refractivity contribution in [3.8, 4) is 5.75 Å². The quantitative estimate of drug-likeness (QED) is 0.819. The molecule has 0 spiro atoms. The Bertz CT molecular complexity index is 476. The van der Waals surface area contributed by atoms with Crippen LogP contribution >= 0.6 is 0 Å². The molecule has 0 bridgehead atoms. The first-order valence-corrected chi connectivity index (χ1v) is 4.99. The van der Waals surface area contributed by atoms with Gasteiger partial charge in [-0.2, -0.15) is 0 Å². The summed E-state index contributed by atoms with van der Waals surface area (Å²) in [5.74, 6) is 1.83. The Labute approximate surface area is 88.7 Å². The normalized spacial score (nSPS) is 10.9. The number of nitrogens with two attached hydrogens (primary N) is 1. The minimum atomic E-state index is 0.521. The topological polar surface area (TPSA) is 53.1 Å². The second kappa shape index (κ2) is 3.90. The first kappa shape index (κ1) is 9.98. The van der Waals surface area contributed by atoms with Crippen molar-refractivity contribution in [2.75, 3.05) is 13.2 Å². The van der Waals surface area contributed by atoms with E-state index >= 15 is 0 Å². The van der Waals surface area contributed by atoms with Crippen LogP contribution in [-0.2, 0) is 7.05 Å². The lowest BCUT2D eigenvalue weighted by atomic mass is 10.3. The van der Waals surface area contributed by atoms with Gasteiger partial charge in [0.2, 0.25) is 0 Å². The molecule has 15 heavy (non-hydrogen) atoms. The van der Waals surface area contributed by atoms with E-state index in [-0.39, 0.29) is 0 Å². The number of fused-ring (bicyclic) bond motifs is 1. The molecule has 0 aliphatic heterocycles. The maximum Gasteiger partial charge on any atom is 0.145 e. The van der Waals surface area contributed by atoms with E-state index in [0.29, 0.717) is 13.2 Å². The van der Waals surface area contributed by atoms with Gasteiger partial charge in [0.1, 0.15) is 23.7 Å². The maximum absolute atomic E-state index is 5.58. The zero-order chi connectivity index (χ0) is 10.8. The second-order valence-corrected chi connectivity index (χ2v) is 3.48. The van der Waals surface area contributed by atoms with Gasteiger partial charge in [0, 0.05) is 13.6 Å². The lowest BCUT2D eigenvalue weighted by Gasteiger charge is -2.07. The summed E-state index contributed by atoms with van der Waals surface area (Å²) in [5.41, 5.74) is 7.41. The van der Waals surface area contributed by atoms with Crippen LogP contribution in [0.4, 0.5) is 0 Å². The Morgan fingerprint density at radius 2 is 2.27 bits per heavy atom. The number of ether oxygens (including phenoxy) is 1. The number of rotatable bonds is 3. The van der Waals surface area contributed by atoms with E-state index in [1.807, 2.05) is 36.7 Å². The molecular weight excluding hydrogens is 190 g/mol. The van der Waals surface area contributed by atoms with Crippen LogP contribution in [0, 0.1) is 6.92 Å². The Balaban J connectivity index is 2.53. The smallest absolute Gasteiger partial charge is 0.145 e. The van der Waals surface area contributed by atoms with E-state index < -0.39 is 0 Å². The summed E-state index contributed by atoms with van der Waals surface area (Å²) in [4.78, 5) is 4.43. The van der Waals surface area contributed by atoms with Crippen molar-refractivity contribution in [2.45, 2.75) is 6.92 Å². The lowest BCUT2D eigenvalue weighted by molar-refractivity contribution is 0.331. The number of benzene rings is 1. The van der Waals surface area contributed by atoms with Gasteiger partial charge in [-0.1, -0.05) is 6.07 Å². The number of aryl methyl sites for hydroxylation is 2. The molecule has 2 aromatic rings. The number of hydrogen-bond acceptors (Lipinski definition) is 3. The molecule has 2 N–H and O–H groups in total. The predicted octanol–water partition coefficient (Wildman–Crippen LogP) is 1.22. The number of imidazole rings is 1. The van der Waals surface area contributed by atoms with Crippen LogP contribution in [0.25, 0.3) is 11.0 Å². The summed E-state index contributed by atoms with van der Waals surface area (Å²) in [5, 5.41) is 0. The maximum atomic E-state index is 5.58. The van der Waals surface area contributed by atoms with Crippen LogP contribution in [0.3, 0.4) is 0 Å². The molecule has 1 aromatic heterocycles. The van der Waals surface area contributed by atoms with Crippen molar-refractivity contribution in [3.05, 3.63) is 24.0 Å². The lowest BCUT2D eigenvalue weighted by Crippen LogP contribution is -2.11. The predicted molar refractivity (Wildman–Crippen MR) is 60.0 cm³/mol. The van der Waals surface area contributed by atoms with Crippen LogP contribution in [0.5, 0.6) is 5.75 Å². The van der Waals surface area contributed by atoms with Gasteiger partial charge < -0.3 is 15.0 Å². The molecule has 0 radical (unpaired) electrons. The molecule has 0 saturated carbocycles. The van der Waals surface area contributed by atoms with Gasteiger partial charge >= 0.3 is 0 Å². The highest BCUT2D eigenvalue weighted by Crippen LogP contribution is 2.25. The fourth-order valence-corrected chi connectivity index (χ4v) is 1.63. The monoisotopic (exact) mass is 205 g/mol. The number of para-hydroxylation sites is 1. The molecule has 0 fully saturated rings. The average Bonchev–Trinajstić information content (AvgIpc) is 2.53. The van der Waals surface area contributed by atoms with Gasteiger partial charge in [-0.25, -0.2) is 4.98 Å².